The van der Waals surface area contributed by atoms with Crippen molar-refractivity contribution in [3.63, 3.8) is 0 Å². The minimum absolute atomic E-state index is 0.0326. The van der Waals surface area contributed by atoms with Crippen LogP contribution in [-0.4, -0.2) is 20.4 Å². The highest BCUT2D eigenvalue weighted by molar-refractivity contribution is 7.89. The quantitative estimate of drug-likeness (QED) is 0.246. The largest absolute Gasteiger partial charge is 0.460 e. The fourth-order valence-corrected chi connectivity index (χ4v) is 6.21. The van der Waals surface area contributed by atoms with Gasteiger partial charge in [-0.1, -0.05) is 104 Å². The van der Waals surface area contributed by atoms with Crippen molar-refractivity contribution >= 4 is 16.0 Å². The van der Waals surface area contributed by atoms with Crippen LogP contribution in [0.3, 0.4) is 0 Å². The van der Waals surface area contributed by atoms with Gasteiger partial charge in [0.05, 0.1) is 10.8 Å². The average molecular weight is 520 g/mol. The molecule has 0 heterocycles. The molecule has 2 atom stereocenters. The van der Waals surface area contributed by atoms with E-state index in [0.717, 1.165) is 16.7 Å². The van der Waals surface area contributed by atoms with Gasteiger partial charge < -0.3 is 4.74 Å². The van der Waals surface area contributed by atoms with E-state index in [1.54, 1.807) is 12.2 Å². The highest BCUT2D eigenvalue weighted by Gasteiger charge is 2.25. The molecular weight excluding hydrogens is 482 g/mol. The Labute approximate surface area is 221 Å². The third-order valence-electron chi connectivity index (χ3n) is 6.26. The first-order valence-corrected chi connectivity index (χ1v) is 14.1. The number of sulfonamides is 1. The van der Waals surface area contributed by atoms with Gasteiger partial charge in [0.2, 0.25) is 10.0 Å². The van der Waals surface area contributed by atoms with Crippen LogP contribution in [0.5, 0.6) is 0 Å². The van der Waals surface area contributed by atoms with Crippen molar-refractivity contribution in [2.75, 3.05) is 0 Å². The van der Waals surface area contributed by atoms with Crippen molar-refractivity contribution in [1.82, 2.24) is 4.72 Å². The van der Waals surface area contributed by atoms with Crippen LogP contribution in [0.15, 0.2) is 89.8 Å². The molecule has 37 heavy (non-hydrogen) atoms. The summed E-state index contributed by atoms with van der Waals surface area (Å²) in [6, 6.07) is 22.5. The van der Waals surface area contributed by atoms with Crippen LogP contribution in [0, 0.1) is 32.6 Å². The molecule has 196 valence electrons. The molecule has 6 heteroatoms. The van der Waals surface area contributed by atoms with Crippen molar-refractivity contribution in [1.29, 1.82) is 0 Å². The molecule has 0 aliphatic rings. The summed E-state index contributed by atoms with van der Waals surface area (Å²) in [6.07, 6.45) is 4.03. The number of carbonyl (C=O) groups excluding carboxylic acids is 1. The van der Waals surface area contributed by atoms with Gasteiger partial charge >= 0.3 is 5.97 Å². The summed E-state index contributed by atoms with van der Waals surface area (Å²) in [4.78, 5) is 13.4. The minimum Gasteiger partial charge on any atom is -0.460 e. The van der Waals surface area contributed by atoms with Crippen LogP contribution in [0.1, 0.15) is 41.7 Å². The molecule has 5 nitrogen and oxygen atoms in total. The molecule has 0 saturated heterocycles. The molecule has 3 aromatic carbocycles. The molecule has 0 amide bonds. The standard InChI is InChI=1S/C31H37NO4S/c1-22(2)29(32-37(34,35)30-24(4)18-23(3)19-25(30)5)17-16-28(20-26-12-8-6-9-13-26)31(33)36-21-27-14-10-7-11-15-27/h6-19,22,28-29,32H,20-21H2,1-5H3/b17-16+/t28-,29+/m0/s1. The Morgan fingerprint density at radius 3 is 1.95 bits per heavy atom. The van der Waals surface area contributed by atoms with Gasteiger partial charge in [-0.3, -0.25) is 4.79 Å². The zero-order chi connectivity index (χ0) is 27.0. The first-order valence-electron chi connectivity index (χ1n) is 12.6. The predicted molar refractivity (Wildman–Crippen MR) is 149 cm³/mol. The van der Waals surface area contributed by atoms with E-state index in [1.165, 1.54) is 0 Å². The molecule has 1 N–H and O–H groups in total. The van der Waals surface area contributed by atoms with Crippen LogP contribution in [0.25, 0.3) is 0 Å². The van der Waals surface area contributed by atoms with Gasteiger partial charge in [-0.05, 0) is 55.4 Å². The molecule has 0 aliphatic heterocycles. The maximum atomic E-state index is 13.4. The second-order valence-electron chi connectivity index (χ2n) is 9.89. The van der Waals surface area contributed by atoms with E-state index in [-0.39, 0.29) is 18.5 Å². The SMILES string of the molecule is Cc1cc(C)c(S(=O)(=O)N[C@H](/C=C/[C@@H](Cc2ccccc2)C(=O)OCc2ccccc2)C(C)C)c(C)c1. The molecule has 0 unspecified atom stereocenters. The second kappa shape index (κ2) is 12.8. The molecule has 0 fully saturated rings. The number of rotatable bonds is 11. The van der Waals surface area contributed by atoms with Crippen LogP contribution < -0.4 is 4.72 Å². The van der Waals surface area contributed by atoms with Crippen LogP contribution in [0.2, 0.25) is 0 Å². The number of carbonyl (C=O) groups is 1. The molecule has 0 aromatic heterocycles. The Morgan fingerprint density at radius 1 is 0.865 bits per heavy atom. The number of aryl methyl sites for hydroxylation is 3. The smallest absolute Gasteiger partial charge is 0.313 e. The van der Waals surface area contributed by atoms with E-state index in [9.17, 15) is 13.2 Å². The van der Waals surface area contributed by atoms with Crippen molar-refractivity contribution in [3.05, 3.63) is 113 Å². The summed E-state index contributed by atoms with van der Waals surface area (Å²) in [5.74, 6) is -0.936. The highest BCUT2D eigenvalue weighted by Crippen LogP contribution is 2.23. The number of esters is 1. The summed E-state index contributed by atoms with van der Waals surface area (Å²) in [5, 5.41) is 0. The molecule has 0 aliphatic carbocycles. The normalized spacial score (nSPS) is 13.6. The van der Waals surface area contributed by atoms with Gasteiger partial charge in [-0.25, -0.2) is 13.1 Å². The Kier molecular flexibility index (Phi) is 9.84. The van der Waals surface area contributed by atoms with Crippen molar-refractivity contribution < 1.29 is 17.9 Å². The minimum atomic E-state index is -3.77. The fourth-order valence-electron chi connectivity index (χ4n) is 4.41. The van der Waals surface area contributed by atoms with Crippen molar-refractivity contribution in [2.24, 2.45) is 11.8 Å². The molecule has 3 rings (SSSR count). The van der Waals surface area contributed by atoms with Crippen LogP contribution in [0.4, 0.5) is 0 Å². The van der Waals surface area contributed by atoms with Crippen LogP contribution in [-0.2, 0) is 32.6 Å². The average Bonchev–Trinajstić information content (AvgIpc) is 2.84. The maximum Gasteiger partial charge on any atom is 0.313 e. The Hall–Kier alpha value is -3.22. The lowest BCUT2D eigenvalue weighted by Gasteiger charge is -2.22. The number of benzene rings is 3. The summed E-state index contributed by atoms with van der Waals surface area (Å²) in [6.45, 7) is 9.66. The van der Waals surface area contributed by atoms with E-state index in [4.69, 9.17) is 4.74 Å². The summed E-state index contributed by atoms with van der Waals surface area (Å²) < 4.78 is 35.3. The monoisotopic (exact) mass is 519 g/mol. The lowest BCUT2D eigenvalue weighted by atomic mass is 9.96. The Bertz CT molecular complexity index is 1290. The summed E-state index contributed by atoms with van der Waals surface area (Å²) in [5.41, 5.74) is 4.36. The highest BCUT2D eigenvalue weighted by atomic mass is 32.2. The lowest BCUT2D eigenvalue weighted by Crippen LogP contribution is -2.38. The third-order valence-corrected chi connectivity index (χ3v) is 8.02. The van der Waals surface area contributed by atoms with E-state index < -0.39 is 22.0 Å². The van der Waals surface area contributed by atoms with Gasteiger partial charge in [0, 0.05) is 6.04 Å². The Balaban J connectivity index is 1.83. The van der Waals surface area contributed by atoms with Gasteiger partial charge in [-0.2, -0.15) is 0 Å². The summed E-state index contributed by atoms with van der Waals surface area (Å²) in [7, 11) is -3.77. The molecule has 0 radical (unpaired) electrons. The third kappa shape index (κ3) is 8.14. The first-order chi connectivity index (χ1) is 17.6. The number of hydrogen-bond donors (Lipinski definition) is 1. The number of ether oxygens (including phenoxy) is 1. The van der Waals surface area contributed by atoms with E-state index in [0.29, 0.717) is 22.4 Å². The zero-order valence-corrected chi connectivity index (χ0v) is 23.1. The molecule has 0 spiro atoms. The molecule has 0 saturated carbocycles. The number of hydrogen-bond acceptors (Lipinski definition) is 4. The van der Waals surface area contributed by atoms with E-state index in [1.807, 2.05) is 107 Å². The number of nitrogens with one attached hydrogen (secondary N) is 1. The van der Waals surface area contributed by atoms with Gasteiger partial charge in [0.1, 0.15) is 6.61 Å². The van der Waals surface area contributed by atoms with Crippen LogP contribution >= 0.6 is 0 Å². The lowest BCUT2D eigenvalue weighted by molar-refractivity contribution is -0.148. The van der Waals surface area contributed by atoms with E-state index in [2.05, 4.69) is 4.72 Å². The topological polar surface area (TPSA) is 72.5 Å². The predicted octanol–water partition coefficient (Wildman–Crippen LogP) is 6.07. The van der Waals surface area contributed by atoms with Gasteiger partial charge in [0.25, 0.3) is 0 Å². The fraction of sp³-hybridized carbons (Fsp3) is 0.323. The van der Waals surface area contributed by atoms with Gasteiger partial charge in [0.15, 0.2) is 0 Å². The first kappa shape index (κ1) is 28.4. The summed E-state index contributed by atoms with van der Waals surface area (Å²) >= 11 is 0. The van der Waals surface area contributed by atoms with Crippen molar-refractivity contribution in [2.45, 2.75) is 58.6 Å². The molecule has 3 aromatic rings. The van der Waals surface area contributed by atoms with Crippen molar-refractivity contribution in [3.8, 4) is 0 Å². The molecule has 0 bridgehead atoms. The second-order valence-corrected chi connectivity index (χ2v) is 11.5. The van der Waals surface area contributed by atoms with E-state index >= 15 is 0 Å². The maximum absolute atomic E-state index is 13.4. The zero-order valence-electron chi connectivity index (χ0n) is 22.3. The van der Waals surface area contributed by atoms with Gasteiger partial charge in [-0.15, -0.1) is 0 Å². The molecular formula is C31H37NO4S. The Morgan fingerprint density at radius 2 is 1.41 bits per heavy atom.